The normalized spacial score (nSPS) is 18.9. The van der Waals surface area contributed by atoms with Crippen molar-refractivity contribution < 1.29 is 4.74 Å². The molecule has 1 unspecified atom stereocenters. The first-order valence-electron chi connectivity index (χ1n) is 8.00. The maximum atomic E-state index is 5.92. The van der Waals surface area contributed by atoms with Crippen LogP contribution in [0.4, 0.5) is 11.5 Å². The molecular weight excluding hydrogens is 264 g/mol. The molecule has 0 aliphatic carbocycles. The summed E-state index contributed by atoms with van der Waals surface area (Å²) in [6.07, 6.45) is 3.52. The van der Waals surface area contributed by atoms with E-state index in [1.54, 1.807) is 0 Å². The van der Waals surface area contributed by atoms with E-state index < -0.39 is 0 Å². The molecule has 1 saturated heterocycles. The Balaban J connectivity index is 2.03. The van der Waals surface area contributed by atoms with Crippen molar-refractivity contribution in [3.8, 4) is 5.88 Å². The van der Waals surface area contributed by atoms with Gasteiger partial charge in [-0.2, -0.15) is 4.98 Å². The Kier molecular flexibility index (Phi) is 5.67. The molecular formula is C16H28N4O. The molecule has 2 N–H and O–H groups in total. The van der Waals surface area contributed by atoms with Gasteiger partial charge in [0.05, 0.1) is 12.3 Å². The van der Waals surface area contributed by atoms with Crippen LogP contribution in [-0.2, 0) is 0 Å². The van der Waals surface area contributed by atoms with Gasteiger partial charge in [0.15, 0.2) is 0 Å². The highest BCUT2D eigenvalue weighted by atomic mass is 16.5. The van der Waals surface area contributed by atoms with Gasteiger partial charge in [-0.15, -0.1) is 0 Å². The lowest BCUT2D eigenvalue weighted by Crippen LogP contribution is -2.39. The van der Waals surface area contributed by atoms with Crippen LogP contribution in [-0.4, -0.2) is 49.2 Å². The lowest BCUT2D eigenvalue weighted by atomic mass is 10.2. The lowest BCUT2D eigenvalue weighted by Gasteiger charge is -2.28. The average molecular weight is 292 g/mol. The number of likely N-dealkylation sites (tertiary alicyclic amines) is 1. The van der Waals surface area contributed by atoms with E-state index in [0.29, 0.717) is 24.2 Å². The zero-order valence-electron chi connectivity index (χ0n) is 13.5. The molecule has 0 spiro atoms. The van der Waals surface area contributed by atoms with Gasteiger partial charge in [0.2, 0.25) is 5.88 Å². The molecule has 21 heavy (non-hydrogen) atoms. The molecule has 1 atom stereocenters. The van der Waals surface area contributed by atoms with Crippen LogP contribution in [0.25, 0.3) is 0 Å². The van der Waals surface area contributed by atoms with Gasteiger partial charge < -0.3 is 15.4 Å². The number of likely N-dealkylation sites (N-methyl/N-ethyl adjacent to an activating group) is 2. The van der Waals surface area contributed by atoms with Crippen LogP contribution in [0.2, 0.25) is 0 Å². The number of hydrogen-bond donors (Lipinski definition) is 1. The van der Waals surface area contributed by atoms with Crippen LogP contribution >= 0.6 is 0 Å². The highest BCUT2D eigenvalue weighted by Crippen LogP contribution is 2.24. The molecule has 5 nitrogen and oxygen atoms in total. The molecule has 0 radical (unpaired) electrons. The summed E-state index contributed by atoms with van der Waals surface area (Å²) < 4.78 is 5.62. The standard InChI is InChI=1S/C16H28N4O/c1-4-11-21-16-14(17)8-9-15(18-16)19(3)12-13-7-6-10-20(13)5-2/h8-9,13H,4-7,10-12,17H2,1-3H3. The first-order valence-corrected chi connectivity index (χ1v) is 8.00. The topological polar surface area (TPSA) is 54.6 Å². The van der Waals surface area contributed by atoms with Crippen molar-refractivity contribution in [1.29, 1.82) is 0 Å². The Bertz CT molecular complexity index is 452. The fraction of sp³-hybridized carbons (Fsp3) is 0.688. The molecule has 0 amide bonds. The van der Waals surface area contributed by atoms with Crippen LogP contribution in [0, 0.1) is 0 Å². The fourth-order valence-electron chi connectivity index (χ4n) is 2.90. The summed E-state index contributed by atoms with van der Waals surface area (Å²) in [5.74, 6) is 1.48. The summed E-state index contributed by atoms with van der Waals surface area (Å²) in [5.41, 5.74) is 6.53. The van der Waals surface area contributed by atoms with E-state index in [1.165, 1.54) is 19.4 Å². The molecule has 5 heteroatoms. The minimum atomic E-state index is 0.556. The number of nitrogens with zero attached hydrogens (tertiary/aromatic N) is 3. The van der Waals surface area contributed by atoms with Gasteiger partial charge in [0.1, 0.15) is 5.82 Å². The molecule has 2 rings (SSSR count). The first kappa shape index (κ1) is 15.9. The summed E-state index contributed by atoms with van der Waals surface area (Å²) in [6, 6.07) is 4.48. The minimum Gasteiger partial charge on any atom is -0.476 e. The van der Waals surface area contributed by atoms with Gasteiger partial charge in [-0.05, 0) is 44.5 Å². The molecule has 1 aromatic heterocycles. The van der Waals surface area contributed by atoms with Crippen molar-refractivity contribution in [3.63, 3.8) is 0 Å². The third-order valence-corrected chi connectivity index (χ3v) is 4.10. The maximum absolute atomic E-state index is 5.92. The van der Waals surface area contributed by atoms with Crippen LogP contribution in [0.5, 0.6) is 5.88 Å². The average Bonchev–Trinajstić information content (AvgIpc) is 2.93. The zero-order valence-corrected chi connectivity index (χ0v) is 13.5. The first-order chi connectivity index (χ1) is 10.2. The van der Waals surface area contributed by atoms with Crippen molar-refractivity contribution in [1.82, 2.24) is 9.88 Å². The predicted octanol–water partition coefficient (Wildman–Crippen LogP) is 2.37. The highest BCUT2D eigenvalue weighted by molar-refractivity contribution is 5.54. The molecule has 1 aromatic rings. The molecule has 1 aliphatic heterocycles. The molecule has 0 aromatic carbocycles. The Morgan fingerprint density at radius 1 is 1.43 bits per heavy atom. The van der Waals surface area contributed by atoms with Crippen molar-refractivity contribution in [3.05, 3.63) is 12.1 Å². The third-order valence-electron chi connectivity index (χ3n) is 4.10. The third kappa shape index (κ3) is 4.00. The Morgan fingerprint density at radius 2 is 2.24 bits per heavy atom. The summed E-state index contributed by atoms with van der Waals surface area (Å²) in [4.78, 5) is 9.31. The Hall–Kier alpha value is -1.49. The number of aromatic nitrogens is 1. The van der Waals surface area contributed by atoms with E-state index >= 15 is 0 Å². The van der Waals surface area contributed by atoms with Crippen LogP contribution < -0.4 is 15.4 Å². The SMILES string of the molecule is CCCOc1nc(N(C)CC2CCCN2CC)ccc1N. The fourth-order valence-corrected chi connectivity index (χ4v) is 2.90. The quantitative estimate of drug-likeness (QED) is 0.836. The second-order valence-electron chi connectivity index (χ2n) is 5.72. The van der Waals surface area contributed by atoms with Crippen molar-refractivity contribution in [2.45, 2.75) is 39.2 Å². The van der Waals surface area contributed by atoms with Gasteiger partial charge in [-0.3, -0.25) is 4.90 Å². The van der Waals surface area contributed by atoms with E-state index in [-0.39, 0.29) is 0 Å². The Labute approximate surface area is 128 Å². The molecule has 0 saturated carbocycles. The van der Waals surface area contributed by atoms with Crippen LogP contribution in [0.15, 0.2) is 12.1 Å². The van der Waals surface area contributed by atoms with Crippen molar-refractivity contribution in [2.24, 2.45) is 0 Å². The zero-order chi connectivity index (χ0) is 15.2. The molecule has 1 aliphatic rings. The molecule has 1 fully saturated rings. The number of rotatable bonds is 7. The second kappa shape index (κ2) is 7.50. The minimum absolute atomic E-state index is 0.556. The largest absolute Gasteiger partial charge is 0.476 e. The Morgan fingerprint density at radius 3 is 2.95 bits per heavy atom. The van der Waals surface area contributed by atoms with E-state index in [0.717, 1.165) is 25.3 Å². The van der Waals surface area contributed by atoms with Gasteiger partial charge in [-0.1, -0.05) is 13.8 Å². The summed E-state index contributed by atoms with van der Waals surface area (Å²) in [7, 11) is 2.09. The van der Waals surface area contributed by atoms with E-state index in [2.05, 4.69) is 35.7 Å². The maximum Gasteiger partial charge on any atom is 0.239 e. The number of anilines is 2. The smallest absolute Gasteiger partial charge is 0.239 e. The number of nitrogen functional groups attached to an aromatic ring is 1. The number of ether oxygens (including phenoxy) is 1. The van der Waals surface area contributed by atoms with Crippen molar-refractivity contribution >= 4 is 11.5 Å². The molecule has 2 heterocycles. The summed E-state index contributed by atoms with van der Waals surface area (Å²) in [5, 5.41) is 0. The lowest BCUT2D eigenvalue weighted by molar-refractivity contribution is 0.270. The van der Waals surface area contributed by atoms with E-state index in [9.17, 15) is 0 Å². The number of hydrogen-bond acceptors (Lipinski definition) is 5. The van der Waals surface area contributed by atoms with Gasteiger partial charge >= 0.3 is 0 Å². The summed E-state index contributed by atoms with van der Waals surface area (Å²) in [6.45, 7) is 8.30. The van der Waals surface area contributed by atoms with E-state index in [1.807, 2.05) is 12.1 Å². The predicted molar refractivity (Wildman–Crippen MR) is 88.0 cm³/mol. The highest BCUT2D eigenvalue weighted by Gasteiger charge is 2.24. The monoisotopic (exact) mass is 292 g/mol. The van der Waals surface area contributed by atoms with Crippen LogP contribution in [0.3, 0.4) is 0 Å². The van der Waals surface area contributed by atoms with Crippen molar-refractivity contribution in [2.75, 3.05) is 43.9 Å². The number of pyridine rings is 1. The van der Waals surface area contributed by atoms with Crippen LogP contribution in [0.1, 0.15) is 33.1 Å². The van der Waals surface area contributed by atoms with Gasteiger partial charge in [0.25, 0.3) is 0 Å². The van der Waals surface area contributed by atoms with Gasteiger partial charge in [-0.25, -0.2) is 0 Å². The van der Waals surface area contributed by atoms with Gasteiger partial charge in [0, 0.05) is 19.6 Å². The molecule has 0 bridgehead atoms. The van der Waals surface area contributed by atoms with E-state index in [4.69, 9.17) is 10.5 Å². The summed E-state index contributed by atoms with van der Waals surface area (Å²) >= 11 is 0. The molecule has 118 valence electrons. The second-order valence-corrected chi connectivity index (χ2v) is 5.72. The number of nitrogens with two attached hydrogens (primary N) is 1.